The molecule has 0 radical (unpaired) electrons. The molecule has 0 aliphatic carbocycles. The van der Waals surface area contributed by atoms with E-state index in [0.29, 0.717) is 31.1 Å². The highest BCUT2D eigenvalue weighted by atomic mass is 16.5. The van der Waals surface area contributed by atoms with Crippen LogP contribution >= 0.6 is 0 Å². The molecule has 2 amide bonds. The van der Waals surface area contributed by atoms with Gasteiger partial charge in [0.1, 0.15) is 5.75 Å². The lowest BCUT2D eigenvalue weighted by Crippen LogP contribution is -2.56. The number of carbonyl (C=O) groups excluding carboxylic acids is 2. The number of nitrogens with one attached hydrogen (secondary N) is 2. The van der Waals surface area contributed by atoms with E-state index in [0.717, 1.165) is 12.8 Å². The maximum atomic E-state index is 12.7. The second-order valence-electron chi connectivity index (χ2n) is 6.91. The number of piperazine rings is 1. The number of rotatable bonds is 8. The summed E-state index contributed by atoms with van der Waals surface area (Å²) in [6.07, 6.45) is 1.97. The van der Waals surface area contributed by atoms with Crippen LogP contribution in [-0.4, -0.2) is 49.5 Å². The van der Waals surface area contributed by atoms with Gasteiger partial charge in [-0.3, -0.25) is 9.59 Å². The largest absolute Gasteiger partial charge is 0.497 e. The number of carbonyl (C=O) groups is 2. The lowest BCUT2D eigenvalue weighted by atomic mass is 10.1. The number of nitrogens with zero attached hydrogens (tertiary/aromatic N) is 1. The van der Waals surface area contributed by atoms with E-state index in [-0.39, 0.29) is 18.2 Å². The summed E-state index contributed by atoms with van der Waals surface area (Å²) in [6, 6.07) is 17.0. The minimum atomic E-state index is -0.476. The first-order valence-corrected chi connectivity index (χ1v) is 9.65. The van der Waals surface area contributed by atoms with E-state index < -0.39 is 6.04 Å². The van der Waals surface area contributed by atoms with Gasteiger partial charge >= 0.3 is 0 Å². The highest BCUT2D eigenvalue weighted by Crippen LogP contribution is 2.17. The first-order valence-electron chi connectivity index (χ1n) is 9.65. The van der Waals surface area contributed by atoms with Gasteiger partial charge < -0.3 is 20.3 Å². The third-order valence-corrected chi connectivity index (χ3v) is 4.86. The number of methoxy groups -OCH3 is 1. The fourth-order valence-electron chi connectivity index (χ4n) is 3.39. The molecule has 1 atom stereocenters. The fraction of sp³-hybridized carbons (Fsp3) is 0.364. The zero-order valence-corrected chi connectivity index (χ0v) is 16.2. The number of anilines is 1. The Morgan fingerprint density at radius 1 is 1.21 bits per heavy atom. The molecular weight excluding hydrogens is 354 g/mol. The number of amides is 2. The van der Waals surface area contributed by atoms with Gasteiger partial charge in [0, 0.05) is 31.4 Å². The first-order chi connectivity index (χ1) is 13.7. The summed E-state index contributed by atoms with van der Waals surface area (Å²) in [5, 5.41) is 6.00. The van der Waals surface area contributed by atoms with Gasteiger partial charge in [0.15, 0.2) is 0 Å². The van der Waals surface area contributed by atoms with Crippen molar-refractivity contribution in [2.24, 2.45) is 0 Å². The quantitative estimate of drug-likeness (QED) is 0.737. The molecule has 2 N–H and O–H groups in total. The molecule has 2 aromatic rings. The molecule has 2 aromatic carbocycles. The molecule has 148 valence electrons. The summed E-state index contributed by atoms with van der Waals surface area (Å²) in [5.41, 5.74) is 1.94. The second-order valence-corrected chi connectivity index (χ2v) is 6.91. The van der Waals surface area contributed by atoms with Crippen LogP contribution in [0.1, 0.15) is 18.4 Å². The van der Waals surface area contributed by atoms with Crippen molar-refractivity contribution in [2.75, 3.05) is 32.1 Å². The Labute approximate surface area is 165 Å². The van der Waals surface area contributed by atoms with Crippen LogP contribution in [0.3, 0.4) is 0 Å². The van der Waals surface area contributed by atoms with Gasteiger partial charge in [0.25, 0.3) is 0 Å². The zero-order valence-electron chi connectivity index (χ0n) is 16.2. The van der Waals surface area contributed by atoms with Crippen molar-refractivity contribution in [1.29, 1.82) is 0 Å². The highest BCUT2D eigenvalue weighted by molar-refractivity contribution is 5.95. The maximum absolute atomic E-state index is 12.7. The third-order valence-electron chi connectivity index (χ3n) is 4.86. The van der Waals surface area contributed by atoms with Crippen LogP contribution in [-0.2, 0) is 16.0 Å². The molecule has 6 nitrogen and oxygen atoms in total. The third kappa shape index (κ3) is 5.57. The summed E-state index contributed by atoms with van der Waals surface area (Å²) in [6.45, 7) is 2.10. The number of hydrogen-bond acceptors (Lipinski definition) is 4. The van der Waals surface area contributed by atoms with Crippen LogP contribution in [0.2, 0.25) is 0 Å². The molecule has 0 bridgehead atoms. The van der Waals surface area contributed by atoms with Crippen molar-refractivity contribution in [1.82, 2.24) is 10.2 Å². The van der Waals surface area contributed by atoms with Crippen molar-refractivity contribution in [2.45, 2.75) is 25.3 Å². The molecule has 1 unspecified atom stereocenters. The van der Waals surface area contributed by atoms with Gasteiger partial charge in [-0.25, -0.2) is 0 Å². The van der Waals surface area contributed by atoms with Crippen LogP contribution in [0.4, 0.5) is 5.69 Å². The summed E-state index contributed by atoms with van der Waals surface area (Å²) < 4.78 is 5.16. The normalized spacial score (nSPS) is 16.7. The monoisotopic (exact) mass is 381 g/mol. The molecular formula is C22H27N3O3. The average molecular weight is 381 g/mol. The Balaban J connectivity index is 1.48. The fourth-order valence-corrected chi connectivity index (χ4v) is 3.39. The van der Waals surface area contributed by atoms with Crippen molar-refractivity contribution < 1.29 is 14.3 Å². The van der Waals surface area contributed by atoms with E-state index in [9.17, 15) is 9.59 Å². The van der Waals surface area contributed by atoms with Gasteiger partial charge in [-0.1, -0.05) is 36.4 Å². The van der Waals surface area contributed by atoms with Crippen molar-refractivity contribution in [3.63, 3.8) is 0 Å². The van der Waals surface area contributed by atoms with Crippen LogP contribution in [0.25, 0.3) is 0 Å². The standard InChI is InChI=1S/C22H27N3O3/c1-28-19-11-5-10-18(15-19)24-21(26)16-20-22(27)25(14-12-23-20)13-6-9-17-7-3-2-4-8-17/h2-5,7-8,10-11,15,20,23H,6,9,12-14,16H2,1H3,(H,24,26). The van der Waals surface area contributed by atoms with Gasteiger partial charge in [-0.15, -0.1) is 0 Å². The molecule has 3 rings (SSSR count). The van der Waals surface area contributed by atoms with Crippen molar-refractivity contribution in [3.05, 3.63) is 60.2 Å². The van der Waals surface area contributed by atoms with Gasteiger partial charge in [0.2, 0.25) is 11.8 Å². The van der Waals surface area contributed by atoms with Crippen molar-refractivity contribution in [3.8, 4) is 5.75 Å². The van der Waals surface area contributed by atoms with Crippen LogP contribution in [0, 0.1) is 0 Å². The summed E-state index contributed by atoms with van der Waals surface area (Å²) in [4.78, 5) is 27.0. The topological polar surface area (TPSA) is 70.7 Å². The van der Waals surface area contributed by atoms with E-state index in [1.807, 2.05) is 35.2 Å². The lowest BCUT2D eigenvalue weighted by Gasteiger charge is -2.33. The molecule has 1 aliphatic rings. The van der Waals surface area contributed by atoms with Gasteiger partial charge in [-0.2, -0.15) is 0 Å². The van der Waals surface area contributed by atoms with Gasteiger partial charge in [0.05, 0.1) is 19.6 Å². The molecule has 0 aromatic heterocycles. The minimum Gasteiger partial charge on any atom is -0.497 e. The molecule has 1 fully saturated rings. The molecule has 0 saturated carbocycles. The van der Waals surface area contributed by atoms with Gasteiger partial charge in [-0.05, 0) is 30.5 Å². The van der Waals surface area contributed by atoms with Crippen LogP contribution < -0.4 is 15.4 Å². The summed E-state index contributed by atoms with van der Waals surface area (Å²) >= 11 is 0. The molecule has 1 saturated heterocycles. The SMILES string of the molecule is COc1cccc(NC(=O)CC2NCCN(CCCc3ccccc3)C2=O)c1. The maximum Gasteiger partial charge on any atom is 0.240 e. The predicted octanol–water partition coefficient (Wildman–Crippen LogP) is 2.46. The van der Waals surface area contributed by atoms with E-state index >= 15 is 0 Å². The Hall–Kier alpha value is -2.86. The van der Waals surface area contributed by atoms with E-state index in [4.69, 9.17) is 4.74 Å². The summed E-state index contributed by atoms with van der Waals surface area (Å²) in [7, 11) is 1.58. The molecule has 1 aliphatic heterocycles. The Morgan fingerprint density at radius 2 is 2.04 bits per heavy atom. The van der Waals surface area contributed by atoms with E-state index in [1.54, 1.807) is 19.2 Å². The number of hydrogen-bond donors (Lipinski definition) is 2. The number of benzene rings is 2. The number of aryl methyl sites for hydroxylation is 1. The molecule has 28 heavy (non-hydrogen) atoms. The Bertz CT molecular complexity index is 795. The lowest BCUT2D eigenvalue weighted by molar-refractivity contribution is -0.137. The van der Waals surface area contributed by atoms with Crippen molar-refractivity contribution >= 4 is 17.5 Å². The van der Waals surface area contributed by atoms with E-state index in [2.05, 4.69) is 22.8 Å². The number of ether oxygens (including phenoxy) is 1. The Kier molecular flexibility index (Phi) is 7.03. The van der Waals surface area contributed by atoms with Crippen LogP contribution in [0.15, 0.2) is 54.6 Å². The predicted molar refractivity (Wildman–Crippen MR) is 109 cm³/mol. The smallest absolute Gasteiger partial charge is 0.240 e. The zero-order chi connectivity index (χ0) is 19.8. The molecule has 6 heteroatoms. The second kappa shape index (κ2) is 9.90. The highest BCUT2D eigenvalue weighted by Gasteiger charge is 2.29. The Morgan fingerprint density at radius 3 is 2.82 bits per heavy atom. The molecule has 1 heterocycles. The average Bonchev–Trinajstić information content (AvgIpc) is 2.71. The van der Waals surface area contributed by atoms with Crippen LogP contribution in [0.5, 0.6) is 5.75 Å². The summed E-state index contributed by atoms with van der Waals surface area (Å²) in [5.74, 6) is 0.486. The molecule has 0 spiro atoms. The van der Waals surface area contributed by atoms with E-state index in [1.165, 1.54) is 5.56 Å². The minimum absolute atomic E-state index is 0.0000962. The first kappa shape index (κ1) is 19.9.